The molecule has 0 bridgehead atoms. The van der Waals surface area contributed by atoms with Gasteiger partial charge in [0.25, 0.3) is 0 Å². The van der Waals surface area contributed by atoms with E-state index >= 15 is 0 Å². The van der Waals surface area contributed by atoms with Crippen LogP contribution in [0.3, 0.4) is 0 Å². The van der Waals surface area contributed by atoms with Gasteiger partial charge >= 0.3 is 0 Å². The van der Waals surface area contributed by atoms with E-state index in [2.05, 4.69) is 22.5 Å². The molecule has 1 fully saturated rings. The summed E-state index contributed by atoms with van der Waals surface area (Å²) in [7, 11) is 0. The van der Waals surface area contributed by atoms with Crippen LogP contribution in [0.4, 0.5) is 0 Å². The van der Waals surface area contributed by atoms with Crippen molar-refractivity contribution in [2.24, 2.45) is 0 Å². The maximum Gasteiger partial charge on any atom is 0.234 e. The van der Waals surface area contributed by atoms with Crippen molar-refractivity contribution >= 4 is 5.91 Å². The summed E-state index contributed by atoms with van der Waals surface area (Å²) >= 11 is 0. The number of hydrogen-bond donors (Lipinski definition) is 2. The van der Waals surface area contributed by atoms with Gasteiger partial charge in [0.1, 0.15) is 0 Å². The van der Waals surface area contributed by atoms with E-state index < -0.39 is 0 Å². The zero-order valence-corrected chi connectivity index (χ0v) is 10.9. The topological polar surface area (TPSA) is 44.4 Å². The number of hydrogen-bond acceptors (Lipinski definition) is 3. The van der Waals surface area contributed by atoms with E-state index in [1.54, 1.807) is 0 Å². The molecular weight excluding hydrogens is 226 g/mol. The molecule has 2 N–H and O–H groups in total. The highest BCUT2D eigenvalue weighted by Crippen LogP contribution is 2.02. The van der Waals surface area contributed by atoms with E-state index in [-0.39, 0.29) is 5.91 Å². The molecule has 1 aromatic carbocycles. The van der Waals surface area contributed by atoms with Gasteiger partial charge in [0.15, 0.2) is 0 Å². The third kappa shape index (κ3) is 3.82. The van der Waals surface area contributed by atoms with Crippen LogP contribution < -0.4 is 10.6 Å². The molecule has 0 spiro atoms. The summed E-state index contributed by atoms with van der Waals surface area (Å²) in [4.78, 5) is 14.1. The SMILES string of the molecule is C[C@H]1CNCCN1CC(=O)NCc1ccccc1. The Kier molecular flexibility index (Phi) is 4.73. The first-order valence-electron chi connectivity index (χ1n) is 6.51. The number of piperazine rings is 1. The van der Waals surface area contributed by atoms with Crippen molar-refractivity contribution in [1.29, 1.82) is 0 Å². The lowest BCUT2D eigenvalue weighted by Gasteiger charge is -2.33. The van der Waals surface area contributed by atoms with Crippen molar-refractivity contribution in [3.05, 3.63) is 35.9 Å². The number of carbonyl (C=O) groups is 1. The highest BCUT2D eigenvalue weighted by molar-refractivity contribution is 5.78. The summed E-state index contributed by atoms with van der Waals surface area (Å²) in [5.74, 6) is 0.104. The number of rotatable bonds is 4. The van der Waals surface area contributed by atoms with E-state index in [1.807, 2.05) is 30.3 Å². The lowest BCUT2D eigenvalue weighted by atomic mass is 10.2. The number of benzene rings is 1. The van der Waals surface area contributed by atoms with Gasteiger partial charge in [-0.25, -0.2) is 0 Å². The molecule has 0 aliphatic carbocycles. The maximum atomic E-state index is 11.9. The molecule has 1 aromatic rings. The van der Waals surface area contributed by atoms with Gasteiger partial charge in [-0.1, -0.05) is 30.3 Å². The van der Waals surface area contributed by atoms with Gasteiger partial charge in [0.2, 0.25) is 5.91 Å². The van der Waals surface area contributed by atoms with Gasteiger partial charge in [-0.2, -0.15) is 0 Å². The first kappa shape index (κ1) is 13.1. The van der Waals surface area contributed by atoms with E-state index in [1.165, 1.54) is 0 Å². The normalized spacial score (nSPS) is 20.6. The summed E-state index contributed by atoms with van der Waals surface area (Å²) in [6, 6.07) is 10.4. The van der Waals surface area contributed by atoms with Crippen molar-refractivity contribution in [3.8, 4) is 0 Å². The summed E-state index contributed by atoms with van der Waals surface area (Å²) in [5.41, 5.74) is 1.14. The quantitative estimate of drug-likeness (QED) is 0.819. The minimum absolute atomic E-state index is 0.104. The van der Waals surface area contributed by atoms with E-state index in [0.29, 0.717) is 19.1 Å². The molecule has 0 radical (unpaired) electrons. The maximum absolute atomic E-state index is 11.9. The zero-order chi connectivity index (χ0) is 12.8. The molecule has 1 aliphatic rings. The molecule has 2 rings (SSSR count). The molecule has 0 saturated carbocycles. The second-order valence-electron chi connectivity index (χ2n) is 4.79. The van der Waals surface area contributed by atoms with E-state index in [4.69, 9.17) is 0 Å². The average Bonchev–Trinajstić information content (AvgIpc) is 2.40. The zero-order valence-electron chi connectivity index (χ0n) is 10.9. The number of nitrogens with one attached hydrogen (secondary N) is 2. The van der Waals surface area contributed by atoms with Crippen molar-refractivity contribution in [2.75, 3.05) is 26.2 Å². The second-order valence-corrected chi connectivity index (χ2v) is 4.79. The Morgan fingerprint density at radius 1 is 1.44 bits per heavy atom. The average molecular weight is 247 g/mol. The fourth-order valence-corrected chi connectivity index (χ4v) is 2.15. The molecule has 1 saturated heterocycles. The second kappa shape index (κ2) is 6.52. The number of carbonyl (C=O) groups excluding carboxylic acids is 1. The van der Waals surface area contributed by atoms with Crippen LogP contribution >= 0.6 is 0 Å². The molecular formula is C14H21N3O. The summed E-state index contributed by atoms with van der Waals surface area (Å²) < 4.78 is 0. The fraction of sp³-hybridized carbons (Fsp3) is 0.500. The van der Waals surface area contributed by atoms with Crippen LogP contribution in [-0.2, 0) is 11.3 Å². The number of amides is 1. The van der Waals surface area contributed by atoms with Crippen molar-refractivity contribution in [1.82, 2.24) is 15.5 Å². The molecule has 1 atom stereocenters. The molecule has 0 unspecified atom stereocenters. The molecule has 98 valence electrons. The third-order valence-electron chi connectivity index (χ3n) is 3.32. The van der Waals surface area contributed by atoms with Gasteiger partial charge < -0.3 is 10.6 Å². The van der Waals surface area contributed by atoms with Crippen LogP contribution in [0.5, 0.6) is 0 Å². The van der Waals surface area contributed by atoms with Crippen LogP contribution in [0.2, 0.25) is 0 Å². The molecule has 4 nitrogen and oxygen atoms in total. The Bertz CT molecular complexity index is 380. The minimum Gasteiger partial charge on any atom is -0.351 e. The first-order chi connectivity index (χ1) is 8.75. The molecule has 4 heteroatoms. The summed E-state index contributed by atoms with van der Waals surface area (Å²) in [6.45, 7) is 6.13. The predicted molar refractivity (Wildman–Crippen MR) is 72.2 cm³/mol. The highest BCUT2D eigenvalue weighted by Gasteiger charge is 2.19. The number of nitrogens with zero attached hydrogens (tertiary/aromatic N) is 1. The van der Waals surface area contributed by atoms with Crippen LogP contribution in [0.1, 0.15) is 12.5 Å². The van der Waals surface area contributed by atoms with Gasteiger partial charge in [-0.15, -0.1) is 0 Å². The van der Waals surface area contributed by atoms with Crippen molar-refractivity contribution < 1.29 is 4.79 Å². The lowest BCUT2D eigenvalue weighted by molar-refractivity contribution is -0.123. The third-order valence-corrected chi connectivity index (χ3v) is 3.32. The van der Waals surface area contributed by atoms with Crippen LogP contribution in [0, 0.1) is 0 Å². The highest BCUT2D eigenvalue weighted by atomic mass is 16.2. The Balaban J connectivity index is 1.75. The van der Waals surface area contributed by atoms with Crippen molar-refractivity contribution in [3.63, 3.8) is 0 Å². The van der Waals surface area contributed by atoms with E-state index in [0.717, 1.165) is 25.2 Å². The van der Waals surface area contributed by atoms with Gasteiger partial charge in [-0.05, 0) is 12.5 Å². The Morgan fingerprint density at radius 2 is 2.22 bits per heavy atom. The monoisotopic (exact) mass is 247 g/mol. The van der Waals surface area contributed by atoms with Crippen molar-refractivity contribution in [2.45, 2.75) is 19.5 Å². The van der Waals surface area contributed by atoms with E-state index in [9.17, 15) is 4.79 Å². The Labute approximate surface area is 108 Å². The predicted octanol–water partition coefficient (Wildman–Crippen LogP) is 0.597. The first-order valence-corrected chi connectivity index (χ1v) is 6.51. The van der Waals surface area contributed by atoms with Gasteiger partial charge in [-0.3, -0.25) is 9.69 Å². The summed E-state index contributed by atoms with van der Waals surface area (Å²) in [6.07, 6.45) is 0. The minimum atomic E-state index is 0.104. The standard InChI is InChI=1S/C14H21N3O/c1-12-9-15-7-8-17(12)11-14(18)16-10-13-5-3-2-4-6-13/h2-6,12,15H,7-11H2,1H3,(H,16,18)/t12-/m0/s1. The summed E-state index contributed by atoms with van der Waals surface area (Å²) in [5, 5.41) is 6.29. The lowest BCUT2D eigenvalue weighted by Crippen LogP contribution is -2.52. The molecule has 1 aliphatic heterocycles. The van der Waals surface area contributed by atoms with Gasteiger partial charge in [0.05, 0.1) is 6.54 Å². The molecule has 18 heavy (non-hydrogen) atoms. The molecule has 1 heterocycles. The molecule has 1 amide bonds. The van der Waals surface area contributed by atoms with Gasteiger partial charge in [0, 0.05) is 32.2 Å². The molecule has 0 aromatic heterocycles. The largest absolute Gasteiger partial charge is 0.351 e. The fourth-order valence-electron chi connectivity index (χ4n) is 2.15. The Hall–Kier alpha value is -1.39. The smallest absolute Gasteiger partial charge is 0.234 e. The Morgan fingerprint density at radius 3 is 2.94 bits per heavy atom. The van der Waals surface area contributed by atoms with Crippen LogP contribution in [0.15, 0.2) is 30.3 Å². The van der Waals surface area contributed by atoms with Crippen LogP contribution in [-0.4, -0.2) is 43.0 Å². The van der Waals surface area contributed by atoms with Crippen LogP contribution in [0.25, 0.3) is 0 Å².